The molecule has 0 aliphatic rings. The zero-order chi connectivity index (χ0) is 9.14. The highest BCUT2D eigenvalue weighted by atomic mass is 79.9. The molecule has 0 bridgehead atoms. The molecule has 1 rings (SSSR count). The van der Waals surface area contributed by atoms with Crippen LogP contribution >= 0.6 is 27.5 Å². The molecule has 0 fully saturated rings. The van der Waals surface area contributed by atoms with Gasteiger partial charge in [0.25, 0.3) is 0 Å². The SMILES string of the molecule is NC[C@H](N)c1ccc(Br)cc1Cl. The van der Waals surface area contributed by atoms with Crippen LogP contribution in [-0.4, -0.2) is 6.54 Å². The van der Waals surface area contributed by atoms with Gasteiger partial charge in [-0.1, -0.05) is 33.6 Å². The van der Waals surface area contributed by atoms with E-state index < -0.39 is 0 Å². The van der Waals surface area contributed by atoms with Gasteiger partial charge in [0.05, 0.1) is 0 Å². The van der Waals surface area contributed by atoms with Crippen molar-refractivity contribution in [2.24, 2.45) is 11.5 Å². The lowest BCUT2D eigenvalue weighted by Gasteiger charge is -2.10. The van der Waals surface area contributed by atoms with Crippen LogP contribution in [0.1, 0.15) is 11.6 Å². The third kappa shape index (κ3) is 2.20. The number of halogens is 2. The molecule has 66 valence electrons. The molecule has 0 unspecified atom stereocenters. The molecule has 2 nitrogen and oxygen atoms in total. The molecule has 0 radical (unpaired) electrons. The van der Waals surface area contributed by atoms with E-state index in [1.165, 1.54) is 0 Å². The van der Waals surface area contributed by atoms with E-state index in [-0.39, 0.29) is 6.04 Å². The Bertz CT molecular complexity index is 278. The van der Waals surface area contributed by atoms with E-state index in [0.29, 0.717) is 11.6 Å². The summed E-state index contributed by atoms with van der Waals surface area (Å²) in [6, 6.07) is 5.41. The second-order valence-corrected chi connectivity index (χ2v) is 3.83. The minimum Gasteiger partial charge on any atom is -0.329 e. The number of hydrogen-bond donors (Lipinski definition) is 2. The highest BCUT2D eigenvalue weighted by Crippen LogP contribution is 2.24. The molecule has 4 N–H and O–H groups in total. The van der Waals surface area contributed by atoms with Crippen LogP contribution in [0.25, 0.3) is 0 Å². The topological polar surface area (TPSA) is 52.0 Å². The van der Waals surface area contributed by atoms with Gasteiger partial charge >= 0.3 is 0 Å². The molecule has 1 aromatic rings. The molecular formula is C8H10BrClN2. The summed E-state index contributed by atoms with van der Waals surface area (Å²) in [5.41, 5.74) is 12.0. The largest absolute Gasteiger partial charge is 0.329 e. The first-order valence-electron chi connectivity index (χ1n) is 3.55. The summed E-state index contributed by atoms with van der Waals surface area (Å²) in [6.07, 6.45) is 0. The Morgan fingerprint density at radius 1 is 1.50 bits per heavy atom. The van der Waals surface area contributed by atoms with Gasteiger partial charge in [0, 0.05) is 22.1 Å². The van der Waals surface area contributed by atoms with Crippen molar-refractivity contribution in [3.8, 4) is 0 Å². The van der Waals surface area contributed by atoms with Gasteiger partial charge in [-0.3, -0.25) is 0 Å². The fourth-order valence-corrected chi connectivity index (χ4v) is 1.74. The molecular weight excluding hydrogens is 239 g/mol. The van der Waals surface area contributed by atoms with Gasteiger partial charge in [-0.25, -0.2) is 0 Å². The average Bonchev–Trinajstić information content (AvgIpc) is 2.03. The Morgan fingerprint density at radius 2 is 2.17 bits per heavy atom. The maximum atomic E-state index is 5.94. The van der Waals surface area contributed by atoms with Crippen molar-refractivity contribution in [3.05, 3.63) is 33.3 Å². The van der Waals surface area contributed by atoms with Gasteiger partial charge in [-0.05, 0) is 17.7 Å². The van der Waals surface area contributed by atoms with Gasteiger partial charge < -0.3 is 11.5 Å². The molecule has 0 amide bonds. The number of nitrogens with two attached hydrogens (primary N) is 2. The van der Waals surface area contributed by atoms with E-state index in [0.717, 1.165) is 10.0 Å². The normalized spacial score (nSPS) is 13.0. The van der Waals surface area contributed by atoms with Crippen LogP contribution in [0, 0.1) is 0 Å². The summed E-state index contributed by atoms with van der Waals surface area (Å²) < 4.78 is 0.945. The first kappa shape index (κ1) is 9.99. The molecule has 1 atom stereocenters. The van der Waals surface area contributed by atoms with E-state index in [4.69, 9.17) is 23.1 Å². The summed E-state index contributed by atoms with van der Waals surface area (Å²) in [5, 5.41) is 0.655. The maximum absolute atomic E-state index is 5.94. The third-order valence-corrected chi connectivity index (χ3v) is 2.44. The lowest BCUT2D eigenvalue weighted by molar-refractivity contribution is 0.737. The quantitative estimate of drug-likeness (QED) is 0.843. The molecule has 0 aliphatic heterocycles. The monoisotopic (exact) mass is 248 g/mol. The van der Waals surface area contributed by atoms with Crippen LogP contribution in [0.5, 0.6) is 0 Å². The van der Waals surface area contributed by atoms with E-state index in [2.05, 4.69) is 15.9 Å². The minimum atomic E-state index is -0.175. The van der Waals surface area contributed by atoms with Gasteiger partial charge in [-0.2, -0.15) is 0 Å². The minimum absolute atomic E-state index is 0.175. The second-order valence-electron chi connectivity index (χ2n) is 2.51. The standard InChI is InChI=1S/C8H10BrClN2/c9-5-1-2-6(7(10)3-5)8(12)4-11/h1-3,8H,4,11-12H2/t8-/m0/s1. The molecule has 12 heavy (non-hydrogen) atoms. The van der Waals surface area contributed by atoms with Gasteiger partial charge in [0.2, 0.25) is 0 Å². The Hall–Kier alpha value is -0.0900. The first-order valence-corrected chi connectivity index (χ1v) is 4.73. The van der Waals surface area contributed by atoms with Crippen LogP contribution in [0.4, 0.5) is 0 Å². The summed E-state index contributed by atoms with van der Waals surface area (Å²) in [6.45, 7) is 0.404. The molecule has 0 aromatic heterocycles. The fourth-order valence-electron chi connectivity index (χ4n) is 0.929. The van der Waals surface area contributed by atoms with Crippen LogP contribution in [-0.2, 0) is 0 Å². The van der Waals surface area contributed by atoms with E-state index in [1.807, 2.05) is 18.2 Å². The molecule has 0 saturated carbocycles. The smallest absolute Gasteiger partial charge is 0.0465 e. The fraction of sp³-hybridized carbons (Fsp3) is 0.250. The van der Waals surface area contributed by atoms with Crippen LogP contribution in [0.2, 0.25) is 5.02 Å². The van der Waals surface area contributed by atoms with Crippen molar-refractivity contribution in [2.45, 2.75) is 6.04 Å². The number of benzene rings is 1. The Kier molecular flexibility index (Phi) is 3.53. The predicted octanol–water partition coefficient (Wildman–Crippen LogP) is 2.06. The van der Waals surface area contributed by atoms with Crippen molar-refractivity contribution >= 4 is 27.5 Å². The predicted molar refractivity (Wildman–Crippen MR) is 55.1 cm³/mol. The van der Waals surface area contributed by atoms with E-state index in [1.54, 1.807) is 0 Å². The van der Waals surface area contributed by atoms with Crippen molar-refractivity contribution < 1.29 is 0 Å². The van der Waals surface area contributed by atoms with Crippen LogP contribution in [0.3, 0.4) is 0 Å². The lowest BCUT2D eigenvalue weighted by atomic mass is 10.1. The highest BCUT2D eigenvalue weighted by molar-refractivity contribution is 9.10. The molecule has 1 aromatic carbocycles. The Balaban J connectivity index is 3.01. The average molecular weight is 250 g/mol. The lowest BCUT2D eigenvalue weighted by Crippen LogP contribution is -2.20. The highest BCUT2D eigenvalue weighted by Gasteiger charge is 2.07. The van der Waals surface area contributed by atoms with Gasteiger partial charge in [0.1, 0.15) is 0 Å². The summed E-state index contributed by atoms with van der Waals surface area (Å²) in [7, 11) is 0. The Labute approximate surface area is 85.0 Å². The molecule has 0 spiro atoms. The molecule has 0 saturated heterocycles. The van der Waals surface area contributed by atoms with Crippen LogP contribution < -0.4 is 11.5 Å². The van der Waals surface area contributed by atoms with Gasteiger partial charge in [0.15, 0.2) is 0 Å². The van der Waals surface area contributed by atoms with Crippen molar-refractivity contribution in [1.82, 2.24) is 0 Å². The number of rotatable bonds is 2. The summed E-state index contributed by atoms with van der Waals surface area (Å²) in [5.74, 6) is 0. The summed E-state index contributed by atoms with van der Waals surface area (Å²) in [4.78, 5) is 0. The second kappa shape index (κ2) is 4.23. The van der Waals surface area contributed by atoms with Crippen molar-refractivity contribution in [1.29, 1.82) is 0 Å². The Morgan fingerprint density at radius 3 is 2.67 bits per heavy atom. The maximum Gasteiger partial charge on any atom is 0.0465 e. The molecule has 0 heterocycles. The van der Waals surface area contributed by atoms with Crippen LogP contribution in [0.15, 0.2) is 22.7 Å². The van der Waals surface area contributed by atoms with E-state index >= 15 is 0 Å². The number of hydrogen-bond acceptors (Lipinski definition) is 2. The zero-order valence-electron chi connectivity index (χ0n) is 6.43. The zero-order valence-corrected chi connectivity index (χ0v) is 8.77. The van der Waals surface area contributed by atoms with Crippen molar-refractivity contribution in [3.63, 3.8) is 0 Å². The van der Waals surface area contributed by atoms with Gasteiger partial charge in [-0.15, -0.1) is 0 Å². The van der Waals surface area contributed by atoms with Crippen molar-refractivity contribution in [2.75, 3.05) is 6.54 Å². The molecule has 0 aliphatic carbocycles. The van der Waals surface area contributed by atoms with E-state index in [9.17, 15) is 0 Å². The summed E-state index contributed by atoms with van der Waals surface area (Å²) >= 11 is 9.25. The first-order chi connectivity index (χ1) is 5.65. The molecule has 4 heteroatoms. The third-order valence-electron chi connectivity index (χ3n) is 1.62.